The molecule has 306 valence electrons. The van der Waals surface area contributed by atoms with Gasteiger partial charge in [0, 0.05) is 35.0 Å². The summed E-state index contributed by atoms with van der Waals surface area (Å²) in [6.07, 6.45) is -0.391. The fraction of sp³-hybridized carbons (Fsp3) is 0.644. The van der Waals surface area contributed by atoms with E-state index < -0.39 is 70.3 Å². The number of hydrogen-bond acceptors (Lipinski definition) is 10. The van der Waals surface area contributed by atoms with Crippen LogP contribution in [-0.2, 0) is 33.3 Å². The van der Waals surface area contributed by atoms with Crippen LogP contribution in [0.2, 0.25) is 0 Å². The number of allylic oxidation sites excluding steroid dienone is 2. The molecule has 2 N–H and O–H groups in total. The quantitative estimate of drug-likeness (QED) is 0.107. The summed E-state index contributed by atoms with van der Waals surface area (Å²) in [5, 5.41) is 16.4. The highest BCUT2D eigenvalue weighted by Gasteiger charge is 2.72. The molecule has 1 aliphatic heterocycles. The molecule has 10 atom stereocenters. The van der Waals surface area contributed by atoms with Crippen molar-refractivity contribution < 1.29 is 48.0 Å². The molecular formula is C45H61NO10. The Labute approximate surface area is 331 Å². The number of esters is 2. The molecule has 11 nitrogen and oxygen atoms in total. The van der Waals surface area contributed by atoms with Gasteiger partial charge >= 0.3 is 18.0 Å². The van der Waals surface area contributed by atoms with Crippen molar-refractivity contribution in [1.29, 1.82) is 0 Å². The number of fused-ring (bicyclic) bond motifs is 5. The maximum Gasteiger partial charge on any atom is 0.408 e. The van der Waals surface area contributed by atoms with E-state index in [0.29, 0.717) is 35.5 Å². The summed E-state index contributed by atoms with van der Waals surface area (Å²) in [5.74, 6) is -1.88. The molecule has 11 heteroatoms. The summed E-state index contributed by atoms with van der Waals surface area (Å²) in [6, 6.07) is 7.86. The zero-order chi connectivity index (χ0) is 41.1. The van der Waals surface area contributed by atoms with Crippen LogP contribution in [0.25, 0.3) is 0 Å². The van der Waals surface area contributed by atoms with Crippen molar-refractivity contribution in [3.63, 3.8) is 0 Å². The van der Waals surface area contributed by atoms with Crippen molar-refractivity contribution in [2.24, 2.45) is 34.5 Å². The number of alkyl carbamates (subject to hydrolysis) is 1. The first-order chi connectivity index (χ1) is 26.1. The van der Waals surface area contributed by atoms with E-state index in [9.17, 15) is 19.5 Å². The SMILES string of the molecule is C=C(O[C@H]1C(=O)[C@@]2(C)[C@@H]([C@@H]3CO[C@@H]3C[C@@H]2C)[C@H](OC(=O)c2ccccc2)[C@]2(O)C[C@H](OC(=O)C[C@H](C=C(C)C)NC(=O)OC(C)(C)C)C(C)=C1C2(C)C)C1CC1. The van der Waals surface area contributed by atoms with Gasteiger partial charge < -0.3 is 34.1 Å². The zero-order valence-electron chi connectivity index (χ0n) is 34.7. The fourth-order valence-corrected chi connectivity index (χ4v) is 9.76. The maximum atomic E-state index is 15.6. The Hall–Kier alpha value is -3.96. The van der Waals surface area contributed by atoms with Crippen molar-refractivity contribution in [1.82, 2.24) is 5.32 Å². The molecule has 6 rings (SSSR count). The smallest absolute Gasteiger partial charge is 0.408 e. The summed E-state index contributed by atoms with van der Waals surface area (Å²) in [6.45, 7) is 23.1. The molecule has 2 bridgehead atoms. The van der Waals surface area contributed by atoms with Gasteiger partial charge in [0.15, 0.2) is 11.9 Å². The lowest BCUT2D eigenvalue weighted by Crippen LogP contribution is -2.74. The van der Waals surface area contributed by atoms with Gasteiger partial charge in [-0.2, -0.15) is 0 Å². The van der Waals surface area contributed by atoms with Gasteiger partial charge in [-0.1, -0.05) is 64.1 Å². The van der Waals surface area contributed by atoms with Crippen LogP contribution in [0.15, 0.2) is 65.5 Å². The van der Waals surface area contributed by atoms with E-state index in [1.807, 2.05) is 48.5 Å². The Morgan fingerprint density at radius 2 is 1.73 bits per heavy atom. The summed E-state index contributed by atoms with van der Waals surface area (Å²) in [4.78, 5) is 56.5. The minimum absolute atomic E-state index is 0.120. The summed E-state index contributed by atoms with van der Waals surface area (Å²) < 4.78 is 31.1. The lowest BCUT2D eigenvalue weighted by atomic mass is 9.44. The van der Waals surface area contributed by atoms with E-state index in [-0.39, 0.29) is 42.5 Å². The monoisotopic (exact) mass is 775 g/mol. The van der Waals surface area contributed by atoms with Gasteiger partial charge in [-0.05, 0) is 90.0 Å². The van der Waals surface area contributed by atoms with Gasteiger partial charge in [0.1, 0.15) is 23.4 Å². The Morgan fingerprint density at radius 3 is 2.30 bits per heavy atom. The van der Waals surface area contributed by atoms with E-state index in [0.717, 1.165) is 18.4 Å². The number of carbonyl (C=O) groups is 4. The average molecular weight is 776 g/mol. The lowest BCUT2D eigenvalue weighted by Gasteiger charge is -2.65. The number of ether oxygens (including phenoxy) is 5. The zero-order valence-corrected chi connectivity index (χ0v) is 34.7. The van der Waals surface area contributed by atoms with E-state index in [2.05, 4.69) is 11.9 Å². The average Bonchev–Trinajstić information content (AvgIpc) is 3.93. The topological polar surface area (TPSA) is 147 Å². The largest absolute Gasteiger partial charge is 0.483 e. The maximum absolute atomic E-state index is 15.6. The van der Waals surface area contributed by atoms with E-state index in [4.69, 9.17) is 23.7 Å². The number of benzene rings is 1. The van der Waals surface area contributed by atoms with E-state index in [1.54, 1.807) is 57.2 Å². The normalized spacial score (nSPS) is 33.8. The molecule has 0 aromatic heterocycles. The molecule has 1 aromatic carbocycles. The van der Waals surface area contributed by atoms with Crippen molar-refractivity contribution in [3.8, 4) is 0 Å². The predicted octanol–water partition coefficient (Wildman–Crippen LogP) is 7.42. The second-order valence-corrected chi connectivity index (χ2v) is 18.8. The molecule has 0 radical (unpaired) electrons. The van der Waals surface area contributed by atoms with Gasteiger partial charge in [0.2, 0.25) is 0 Å². The Bertz CT molecular complexity index is 1800. The van der Waals surface area contributed by atoms with Crippen molar-refractivity contribution in [2.45, 2.75) is 143 Å². The number of aliphatic hydroxyl groups is 1. The van der Waals surface area contributed by atoms with Crippen LogP contribution in [0.4, 0.5) is 4.79 Å². The number of ketones is 1. The molecule has 0 unspecified atom stereocenters. The summed E-state index contributed by atoms with van der Waals surface area (Å²) >= 11 is 0. The standard InChI is InChI=1S/C45H61NO10/c1-24(2)19-30(46-41(50)56-42(6,7)8)21-34(47)54-33-22-45(51)39(55-40(49)29-15-13-12-14-16-29)36-31-23-52-32(31)20-25(3)44(36,11)38(48)37(53-27(5)28-17-18-28)35(26(33)4)43(45,9)10/h12-16,19,25,28,30-33,36-37,39,51H,5,17-18,20-23H2,1-4,6-11H3,(H,46,50)/t25-,30-,31+,32+,33-,36-,37+,39-,44+,45+/m0/s1. The van der Waals surface area contributed by atoms with Gasteiger partial charge in [0.05, 0.1) is 36.5 Å². The van der Waals surface area contributed by atoms with Crippen LogP contribution < -0.4 is 5.32 Å². The lowest BCUT2D eigenvalue weighted by molar-refractivity contribution is -0.268. The predicted molar refractivity (Wildman–Crippen MR) is 209 cm³/mol. The van der Waals surface area contributed by atoms with Crippen LogP contribution in [-0.4, -0.2) is 77.2 Å². The number of Topliss-reactive ketones (excluding diaryl/α,β-unsaturated/α-hetero) is 1. The van der Waals surface area contributed by atoms with Gasteiger partial charge in [-0.25, -0.2) is 9.59 Å². The second kappa shape index (κ2) is 15.1. The first kappa shape index (κ1) is 41.7. The van der Waals surface area contributed by atoms with Gasteiger partial charge in [0.25, 0.3) is 0 Å². The van der Waals surface area contributed by atoms with Crippen LogP contribution >= 0.6 is 0 Å². The Morgan fingerprint density at radius 1 is 1.07 bits per heavy atom. The Kier molecular flexibility index (Phi) is 11.2. The molecular weight excluding hydrogens is 714 g/mol. The molecule has 1 aromatic rings. The molecule has 1 heterocycles. The summed E-state index contributed by atoms with van der Waals surface area (Å²) in [7, 11) is 0. The number of hydrogen-bond donors (Lipinski definition) is 2. The molecule has 3 saturated carbocycles. The van der Waals surface area contributed by atoms with Crippen molar-refractivity contribution >= 4 is 23.8 Å². The third kappa shape index (κ3) is 7.70. The molecule has 4 fully saturated rings. The number of rotatable bonds is 10. The summed E-state index contributed by atoms with van der Waals surface area (Å²) in [5.41, 5.74) is -2.69. The second-order valence-electron chi connectivity index (χ2n) is 18.8. The van der Waals surface area contributed by atoms with Crippen LogP contribution in [0.1, 0.15) is 112 Å². The van der Waals surface area contributed by atoms with E-state index >= 15 is 4.79 Å². The highest BCUT2D eigenvalue weighted by atomic mass is 16.6. The third-order valence-corrected chi connectivity index (χ3v) is 13.2. The first-order valence-electron chi connectivity index (χ1n) is 20.1. The number of carbonyl (C=O) groups excluding carboxylic acids is 4. The van der Waals surface area contributed by atoms with Gasteiger partial charge in [-0.3, -0.25) is 9.59 Å². The van der Waals surface area contributed by atoms with E-state index in [1.165, 1.54) is 0 Å². The Balaban J connectivity index is 1.46. The van der Waals surface area contributed by atoms with Crippen LogP contribution in [0.5, 0.6) is 0 Å². The highest BCUT2D eigenvalue weighted by Crippen LogP contribution is 2.64. The van der Waals surface area contributed by atoms with Crippen molar-refractivity contribution in [3.05, 3.63) is 71.0 Å². The molecule has 56 heavy (non-hydrogen) atoms. The minimum atomic E-state index is -1.86. The van der Waals surface area contributed by atoms with Crippen molar-refractivity contribution in [2.75, 3.05) is 6.61 Å². The third-order valence-electron chi connectivity index (χ3n) is 13.2. The van der Waals surface area contributed by atoms with Crippen LogP contribution in [0, 0.1) is 34.5 Å². The fourth-order valence-electron chi connectivity index (χ4n) is 9.76. The molecule has 1 saturated heterocycles. The molecule has 0 spiro atoms. The van der Waals surface area contributed by atoms with Gasteiger partial charge in [-0.15, -0.1) is 0 Å². The molecule has 5 aliphatic rings. The highest BCUT2D eigenvalue weighted by molar-refractivity contribution is 5.94. The number of amides is 1. The molecule has 1 amide bonds. The number of nitrogens with one attached hydrogen (secondary N) is 1. The minimum Gasteiger partial charge on any atom is -0.483 e. The first-order valence-corrected chi connectivity index (χ1v) is 20.1. The molecule has 4 aliphatic carbocycles. The van der Waals surface area contributed by atoms with Crippen LogP contribution in [0.3, 0.4) is 0 Å².